The van der Waals surface area contributed by atoms with Crippen LogP contribution in [0.4, 0.5) is 10.5 Å². The predicted molar refractivity (Wildman–Crippen MR) is 84.7 cm³/mol. The molecule has 0 aliphatic heterocycles. The molecule has 22 heavy (non-hydrogen) atoms. The normalized spacial score (nSPS) is 9.68. The second-order valence-electron chi connectivity index (χ2n) is 4.85. The highest BCUT2D eigenvalue weighted by Gasteiger charge is 2.06. The number of para-hydroxylation sites is 1. The summed E-state index contributed by atoms with van der Waals surface area (Å²) in [7, 11) is 0. The zero-order valence-corrected chi connectivity index (χ0v) is 12.5. The minimum Gasteiger partial charge on any atom is -0.473 e. The van der Waals surface area contributed by atoms with E-state index in [0.717, 1.165) is 16.9 Å². The summed E-state index contributed by atoms with van der Waals surface area (Å²) >= 11 is 0. The predicted octanol–water partition coefficient (Wildman–Crippen LogP) is 3.33. The summed E-state index contributed by atoms with van der Waals surface area (Å²) in [5.74, 6) is 0.725. The lowest BCUT2D eigenvalue weighted by Crippen LogP contribution is -2.32. The molecule has 2 amide bonds. The zero-order valence-electron chi connectivity index (χ0n) is 12.5. The van der Waals surface area contributed by atoms with E-state index in [1.54, 1.807) is 24.3 Å². The molecule has 0 aliphatic rings. The van der Waals surface area contributed by atoms with Crippen molar-refractivity contribution in [1.29, 1.82) is 5.26 Å². The number of rotatable bonds is 4. The summed E-state index contributed by atoms with van der Waals surface area (Å²) in [6.45, 7) is 4.01. The number of nitrogens with one attached hydrogen (secondary N) is 2. The van der Waals surface area contributed by atoms with Crippen molar-refractivity contribution in [3.63, 3.8) is 0 Å². The Morgan fingerprint density at radius 3 is 2.73 bits per heavy atom. The molecule has 2 aromatic rings. The molecule has 0 aromatic heterocycles. The number of nitrogens with zero attached hydrogens (tertiary/aromatic N) is 1. The maximum atomic E-state index is 11.8. The number of carbonyl (C=O) groups excluding carboxylic acids is 1. The number of benzene rings is 2. The number of hydrogen-bond donors (Lipinski definition) is 2. The molecular formula is C17H17N3O2. The van der Waals surface area contributed by atoms with Crippen LogP contribution in [0, 0.1) is 25.2 Å². The van der Waals surface area contributed by atoms with E-state index < -0.39 is 6.03 Å². The second kappa shape index (κ2) is 7.14. The lowest BCUT2D eigenvalue weighted by atomic mass is 10.1. The van der Waals surface area contributed by atoms with E-state index in [9.17, 15) is 4.79 Å². The van der Waals surface area contributed by atoms with Gasteiger partial charge in [0.1, 0.15) is 11.8 Å². The van der Waals surface area contributed by atoms with E-state index in [-0.39, 0.29) is 6.73 Å². The lowest BCUT2D eigenvalue weighted by Gasteiger charge is -2.12. The van der Waals surface area contributed by atoms with Crippen LogP contribution < -0.4 is 15.4 Å². The molecule has 112 valence electrons. The first kappa shape index (κ1) is 15.4. The minimum atomic E-state index is -0.424. The summed E-state index contributed by atoms with van der Waals surface area (Å²) in [6.07, 6.45) is 0. The van der Waals surface area contributed by atoms with Gasteiger partial charge in [0.05, 0.1) is 11.3 Å². The van der Waals surface area contributed by atoms with Gasteiger partial charge in [-0.05, 0) is 37.6 Å². The smallest absolute Gasteiger partial charge is 0.321 e. The topological polar surface area (TPSA) is 74.2 Å². The molecule has 0 unspecified atom stereocenters. The Morgan fingerprint density at radius 1 is 1.23 bits per heavy atom. The lowest BCUT2D eigenvalue weighted by molar-refractivity contribution is 0.234. The molecule has 0 aliphatic carbocycles. The van der Waals surface area contributed by atoms with Crippen LogP contribution in [0.5, 0.6) is 5.75 Å². The number of ether oxygens (including phenoxy) is 1. The Balaban J connectivity index is 1.87. The third-order valence-electron chi connectivity index (χ3n) is 3.09. The Bertz CT molecular complexity index is 720. The van der Waals surface area contributed by atoms with E-state index in [1.165, 1.54) is 0 Å². The van der Waals surface area contributed by atoms with Crippen LogP contribution >= 0.6 is 0 Å². The number of anilines is 1. The van der Waals surface area contributed by atoms with Crippen molar-refractivity contribution < 1.29 is 9.53 Å². The molecule has 0 heterocycles. The van der Waals surface area contributed by atoms with E-state index in [0.29, 0.717) is 11.3 Å². The van der Waals surface area contributed by atoms with E-state index in [1.807, 2.05) is 38.1 Å². The summed E-state index contributed by atoms with van der Waals surface area (Å²) in [5.41, 5.74) is 3.04. The number of carbonyl (C=O) groups is 1. The first-order chi connectivity index (χ1) is 10.6. The molecule has 0 fully saturated rings. The van der Waals surface area contributed by atoms with Crippen LogP contribution in [0.1, 0.15) is 16.7 Å². The van der Waals surface area contributed by atoms with Crippen molar-refractivity contribution in [2.24, 2.45) is 0 Å². The van der Waals surface area contributed by atoms with Crippen LogP contribution in [0.2, 0.25) is 0 Å². The molecule has 2 N–H and O–H groups in total. The zero-order chi connectivity index (χ0) is 15.9. The maximum Gasteiger partial charge on any atom is 0.321 e. The highest BCUT2D eigenvalue weighted by atomic mass is 16.5. The van der Waals surface area contributed by atoms with Crippen LogP contribution in [-0.2, 0) is 0 Å². The molecular weight excluding hydrogens is 278 g/mol. The van der Waals surface area contributed by atoms with Gasteiger partial charge in [0.25, 0.3) is 0 Å². The summed E-state index contributed by atoms with van der Waals surface area (Å²) in [4.78, 5) is 11.8. The van der Waals surface area contributed by atoms with Crippen LogP contribution in [0.25, 0.3) is 0 Å². The van der Waals surface area contributed by atoms with Gasteiger partial charge in [-0.3, -0.25) is 0 Å². The second-order valence-corrected chi connectivity index (χ2v) is 4.85. The van der Waals surface area contributed by atoms with Gasteiger partial charge in [-0.1, -0.05) is 29.8 Å². The average molecular weight is 295 g/mol. The molecule has 0 radical (unpaired) electrons. The van der Waals surface area contributed by atoms with Crippen molar-refractivity contribution in [2.45, 2.75) is 13.8 Å². The van der Waals surface area contributed by atoms with Gasteiger partial charge in [-0.2, -0.15) is 5.26 Å². The third-order valence-corrected chi connectivity index (χ3v) is 3.09. The molecule has 0 spiro atoms. The monoisotopic (exact) mass is 295 g/mol. The first-order valence-electron chi connectivity index (χ1n) is 6.84. The Hall–Kier alpha value is -3.00. The highest BCUT2D eigenvalue weighted by molar-refractivity contribution is 5.90. The van der Waals surface area contributed by atoms with Gasteiger partial charge in [0.2, 0.25) is 0 Å². The van der Waals surface area contributed by atoms with Crippen molar-refractivity contribution in [3.05, 3.63) is 59.2 Å². The van der Waals surface area contributed by atoms with Crippen molar-refractivity contribution in [3.8, 4) is 11.8 Å². The molecule has 2 aromatic carbocycles. The minimum absolute atomic E-state index is 0.0461. The number of amides is 2. The third kappa shape index (κ3) is 4.00. The SMILES string of the molecule is Cc1ccc(OCNC(=O)Nc2ccccc2C#N)c(C)c1. The Labute approximate surface area is 129 Å². The fourth-order valence-electron chi connectivity index (χ4n) is 2.00. The Morgan fingerprint density at radius 2 is 2.00 bits per heavy atom. The summed E-state index contributed by atoms with van der Waals surface area (Å²) in [5, 5.41) is 14.2. The molecule has 0 bridgehead atoms. The molecule has 0 saturated carbocycles. The maximum absolute atomic E-state index is 11.8. The highest BCUT2D eigenvalue weighted by Crippen LogP contribution is 2.18. The molecule has 0 atom stereocenters. The van der Waals surface area contributed by atoms with E-state index in [4.69, 9.17) is 10.00 Å². The van der Waals surface area contributed by atoms with Gasteiger partial charge >= 0.3 is 6.03 Å². The van der Waals surface area contributed by atoms with Gasteiger partial charge in [0, 0.05) is 0 Å². The Kier molecular flexibility index (Phi) is 4.99. The van der Waals surface area contributed by atoms with E-state index in [2.05, 4.69) is 10.6 Å². The number of nitriles is 1. The fourth-order valence-corrected chi connectivity index (χ4v) is 2.00. The van der Waals surface area contributed by atoms with Gasteiger partial charge in [-0.15, -0.1) is 0 Å². The summed E-state index contributed by atoms with van der Waals surface area (Å²) < 4.78 is 5.52. The molecule has 0 saturated heterocycles. The number of urea groups is 1. The number of hydrogen-bond acceptors (Lipinski definition) is 3. The van der Waals surface area contributed by atoms with Gasteiger partial charge in [0.15, 0.2) is 6.73 Å². The van der Waals surface area contributed by atoms with Crippen molar-refractivity contribution in [1.82, 2.24) is 5.32 Å². The largest absolute Gasteiger partial charge is 0.473 e. The van der Waals surface area contributed by atoms with Gasteiger partial charge < -0.3 is 15.4 Å². The van der Waals surface area contributed by atoms with Crippen molar-refractivity contribution >= 4 is 11.7 Å². The number of aryl methyl sites for hydroxylation is 2. The quantitative estimate of drug-likeness (QED) is 0.850. The standard InChI is InChI=1S/C17H17N3O2/c1-12-7-8-16(13(2)9-12)22-11-19-17(21)20-15-6-4-3-5-14(15)10-18/h3-9H,11H2,1-2H3,(H2,19,20,21). The fraction of sp³-hybridized carbons (Fsp3) is 0.176. The molecule has 2 rings (SSSR count). The first-order valence-corrected chi connectivity index (χ1v) is 6.84. The molecule has 5 heteroatoms. The molecule has 5 nitrogen and oxygen atoms in total. The average Bonchev–Trinajstić information content (AvgIpc) is 2.50. The van der Waals surface area contributed by atoms with Crippen molar-refractivity contribution in [2.75, 3.05) is 12.0 Å². The summed E-state index contributed by atoms with van der Waals surface area (Å²) in [6, 6.07) is 14.2. The van der Waals surface area contributed by atoms with Crippen LogP contribution in [0.3, 0.4) is 0 Å². The van der Waals surface area contributed by atoms with Crippen LogP contribution in [0.15, 0.2) is 42.5 Å². The van der Waals surface area contributed by atoms with Crippen LogP contribution in [-0.4, -0.2) is 12.8 Å². The van der Waals surface area contributed by atoms with E-state index >= 15 is 0 Å². The van der Waals surface area contributed by atoms with Gasteiger partial charge in [-0.25, -0.2) is 4.79 Å².